The molecule has 3 nitrogen and oxygen atoms in total. The zero-order chi connectivity index (χ0) is 17.9. The molecular weight excluding hydrogens is 300 g/mol. The van der Waals surface area contributed by atoms with Gasteiger partial charge in [0.25, 0.3) is 0 Å². The van der Waals surface area contributed by atoms with Crippen LogP contribution in [0.2, 0.25) is 0 Å². The molecule has 2 fully saturated rings. The van der Waals surface area contributed by atoms with Crippen molar-refractivity contribution in [3.05, 3.63) is 11.6 Å². The Labute approximate surface area is 146 Å². The largest absolute Gasteiger partial charge is 0.393 e. The third-order valence-corrected chi connectivity index (χ3v) is 7.97. The van der Waals surface area contributed by atoms with Crippen LogP contribution in [-0.4, -0.2) is 29.7 Å². The predicted octanol–water partition coefficient (Wildman–Crippen LogP) is 4.14. The van der Waals surface area contributed by atoms with E-state index in [1.165, 1.54) is 0 Å². The summed E-state index contributed by atoms with van der Waals surface area (Å²) in [6.07, 6.45) is 6.30. The smallest absolute Gasteiger partial charge is 0.159 e. The molecule has 0 aliphatic heterocycles. The van der Waals surface area contributed by atoms with Crippen molar-refractivity contribution >= 4 is 5.78 Å². The van der Waals surface area contributed by atoms with Gasteiger partial charge in [-0.3, -0.25) is 4.79 Å². The lowest BCUT2D eigenvalue weighted by molar-refractivity contribution is -0.149. The van der Waals surface area contributed by atoms with Gasteiger partial charge in [-0.15, -0.1) is 0 Å². The molecule has 0 aromatic carbocycles. The van der Waals surface area contributed by atoms with Gasteiger partial charge in [-0.25, -0.2) is 0 Å². The topological polar surface area (TPSA) is 46.5 Å². The number of carbonyl (C=O) groups excluding carboxylic acids is 1. The highest BCUT2D eigenvalue weighted by molar-refractivity contribution is 5.97. The quantitative estimate of drug-likeness (QED) is 0.825. The molecular formula is C21H34O3. The first-order chi connectivity index (χ1) is 11.1. The Balaban J connectivity index is 2.04. The van der Waals surface area contributed by atoms with Gasteiger partial charge in [0.1, 0.15) is 0 Å². The van der Waals surface area contributed by atoms with Gasteiger partial charge in [0.15, 0.2) is 5.78 Å². The van der Waals surface area contributed by atoms with E-state index in [9.17, 15) is 9.90 Å². The third kappa shape index (κ3) is 2.34. The third-order valence-electron chi connectivity index (χ3n) is 7.97. The molecule has 3 heteroatoms. The molecule has 0 radical (unpaired) electrons. The molecule has 136 valence electrons. The summed E-state index contributed by atoms with van der Waals surface area (Å²) in [5.74, 6) is 1.22. The molecule has 3 aliphatic rings. The molecule has 0 bridgehead atoms. The van der Waals surface area contributed by atoms with Crippen LogP contribution in [0.4, 0.5) is 0 Å². The zero-order valence-corrected chi connectivity index (χ0v) is 16.2. The van der Waals surface area contributed by atoms with Crippen molar-refractivity contribution < 1.29 is 14.6 Å². The second kappa shape index (κ2) is 5.67. The fourth-order valence-corrected chi connectivity index (χ4v) is 6.07. The van der Waals surface area contributed by atoms with Gasteiger partial charge in [-0.2, -0.15) is 0 Å². The minimum Gasteiger partial charge on any atom is -0.393 e. The van der Waals surface area contributed by atoms with Gasteiger partial charge >= 0.3 is 0 Å². The van der Waals surface area contributed by atoms with Crippen LogP contribution in [0.25, 0.3) is 0 Å². The van der Waals surface area contributed by atoms with E-state index >= 15 is 0 Å². The summed E-state index contributed by atoms with van der Waals surface area (Å²) in [6, 6.07) is 0. The molecule has 0 aromatic heterocycles. The number of fused-ring (bicyclic) bond motifs is 3. The lowest BCUT2D eigenvalue weighted by Crippen LogP contribution is -2.58. The van der Waals surface area contributed by atoms with Crippen molar-refractivity contribution in [1.29, 1.82) is 0 Å². The highest BCUT2D eigenvalue weighted by atomic mass is 16.5. The minimum absolute atomic E-state index is 0.110. The van der Waals surface area contributed by atoms with Crippen LogP contribution >= 0.6 is 0 Å². The first kappa shape index (κ1) is 18.1. The molecule has 0 amide bonds. The molecule has 2 saturated carbocycles. The SMILES string of the molecule is CO[C@]1(C(C)C)C=C2C(=O)C[C@@H]3C(C)(C)[C@H](O)CC[C@@]3(C)[C@@H]2CC1. The number of hydrogen-bond donors (Lipinski definition) is 1. The van der Waals surface area contributed by atoms with Crippen molar-refractivity contribution in [3.8, 4) is 0 Å². The first-order valence-corrected chi connectivity index (χ1v) is 9.57. The maximum atomic E-state index is 13.0. The highest BCUT2D eigenvalue weighted by Crippen LogP contribution is 2.62. The van der Waals surface area contributed by atoms with Crippen molar-refractivity contribution in [2.45, 2.75) is 78.4 Å². The Hall–Kier alpha value is -0.670. The summed E-state index contributed by atoms with van der Waals surface area (Å²) in [4.78, 5) is 13.0. The van der Waals surface area contributed by atoms with Gasteiger partial charge in [0, 0.05) is 13.5 Å². The molecule has 0 unspecified atom stereocenters. The number of ether oxygens (including phenoxy) is 1. The zero-order valence-electron chi connectivity index (χ0n) is 16.2. The van der Waals surface area contributed by atoms with E-state index in [2.05, 4.69) is 40.7 Å². The van der Waals surface area contributed by atoms with Crippen molar-refractivity contribution in [2.75, 3.05) is 7.11 Å². The van der Waals surface area contributed by atoms with E-state index in [1.54, 1.807) is 7.11 Å². The number of ketones is 1. The number of methoxy groups -OCH3 is 1. The van der Waals surface area contributed by atoms with Crippen LogP contribution in [0, 0.1) is 28.6 Å². The standard InChI is InChI=1S/C21H34O3/c1-13(2)21(24-6)10-7-15-14(12-21)16(22)11-17-19(3,4)18(23)8-9-20(15,17)5/h12-13,15,17-18,23H,7-11H2,1-6H3/t15-,17-,18-,20+,21+/m1/s1. The van der Waals surface area contributed by atoms with Crippen LogP contribution in [-0.2, 0) is 9.53 Å². The first-order valence-electron chi connectivity index (χ1n) is 9.57. The molecule has 1 N–H and O–H groups in total. The molecule has 5 atom stereocenters. The number of aliphatic hydroxyl groups is 1. The summed E-state index contributed by atoms with van der Waals surface area (Å²) in [6.45, 7) is 11.0. The number of carbonyl (C=O) groups is 1. The summed E-state index contributed by atoms with van der Waals surface area (Å²) in [5, 5.41) is 10.5. The van der Waals surface area contributed by atoms with Crippen molar-refractivity contribution in [1.82, 2.24) is 0 Å². The highest BCUT2D eigenvalue weighted by Gasteiger charge is 2.59. The van der Waals surface area contributed by atoms with Gasteiger partial charge in [-0.1, -0.05) is 34.6 Å². The summed E-state index contributed by atoms with van der Waals surface area (Å²) >= 11 is 0. The Kier molecular flexibility index (Phi) is 4.28. The monoisotopic (exact) mass is 334 g/mol. The van der Waals surface area contributed by atoms with Gasteiger partial charge in [0.05, 0.1) is 11.7 Å². The number of aliphatic hydroxyl groups excluding tert-OH is 1. The van der Waals surface area contributed by atoms with E-state index in [0.717, 1.165) is 31.3 Å². The second-order valence-corrected chi connectivity index (χ2v) is 9.57. The average Bonchev–Trinajstić information content (AvgIpc) is 2.54. The lowest BCUT2D eigenvalue weighted by Gasteiger charge is -2.60. The average molecular weight is 335 g/mol. The van der Waals surface area contributed by atoms with Crippen molar-refractivity contribution in [2.24, 2.45) is 28.6 Å². The van der Waals surface area contributed by atoms with Gasteiger partial charge in [-0.05, 0) is 65.9 Å². The fraction of sp³-hybridized carbons (Fsp3) is 0.857. The van der Waals surface area contributed by atoms with Crippen LogP contribution < -0.4 is 0 Å². The normalized spacial score (nSPS) is 44.8. The van der Waals surface area contributed by atoms with E-state index in [-0.39, 0.29) is 34.2 Å². The predicted molar refractivity (Wildman–Crippen MR) is 95.6 cm³/mol. The summed E-state index contributed by atoms with van der Waals surface area (Å²) in [7, 11) is 1.77. The Morgan fingerprint density at radius 1 is 1.21 bits per heavy atom. The van der Waals surface area contributed by atoms with Crippen LogP contribution in [0.15, 0.2) is 11.6 Å². The number of Topliss-reactive ketones (excluding diaryl/α,β-unsaturated/α-hetero) is 1. The second-order valence-electron chi connectivity index (χ2n) is 9.57. The maximum Gasteiger partial charge on any atom is 0.159 e. The molecule has 3 aliphatic carbocycles. The summed E-state index contributed by atoms with van der Waals surface area (Å²) < 4.78 is 5.90. The number of hydrogen-bond acceptors (Lipinski definition) is 3. The Bertz CT molecular complexity index is 561. The molecule has 0 saturated heterocycles. The Morgan fingerprint density at radius 3 is 2.46 bits per heavy atom. The molecule has 0 heterocycles. The minimum atomic E-state index is -0.300. The van der Waals surface area contributed by atoms with Crippen LogP contribution in [0.3, 0.4) is 0 Å². The maximum absolute atomic E-state index is 13.0. The van der Waals surface area contributed by atoms with Crippen LogP contribution in [0.5, 0.6) is 0 Å². The molecule has 0 aromatic rings. The van der Waals surface area contributed by atoms with E-state index in [4.69, 9.17) is 4.74 Å². The lowest BCUT2D eigenvalue weighted by atomic mass is 9.45. The number of rotatable bonds is 2. The van der Waals surface area contributed by atoms with Crippen molar-refractivity contribution in [3.63, 3.8) is 0 Å². The van der Waals surface area contributed by atoms with E-state index in [1.807, 2.05) is 0 Å². The van der Waals surface area contributed by atoms with E-state index < -0.39 is 0 Å². The molecule has 24 heavy (non-hydrogen) atoms. The molecule has 0 spiro atoms. The number of allylic oxidation sites excluding steroid dienone is 1. The van der Waals surface area contributed by atoms with Gasteiger partial charge < -0.3 is 9.84 Å². The van der Waals surface area contributed by atoms with E-state index in [0.29, 0.717) is 18.3 Å². The summed E-state index contributed by atoms with van der Waals surface area (Å²) in [5.41, 5.74) is 0.637. The van der Waals surface area contributed by atoms with Gasteiger partial charge in [0.2, 0.25) is 0 Å². The fourth-order valence-electron chi connectivity index (χ4n) is 6.07. The van der Waals surface area contributed by atoms with Crippen LogP contribution in [0.1, 0.15) is 66.7 Å². The molecule has 3 rings (SSSR count). The Morgan fingerprint density at radius 2 is 1.88 bits per heavy atom.